The zero-order valence-electron chi connectivity index (χ0n) is 13.4. The molecule has 0 aromatic carbocycles. The molecule has 2 saturated carbocycles. The zero-order chi connectivity index (χ0) is 14.9. The second kappa shape index (κ2) is 6.39. The van der Waals surface area contributed by atoms with Crippen molar-refractivity contribution in [2.45, 2.75) is 51.1 Å². The number of nitrogens with zero attached hydrogens (tertiary/aromatic N) is 1. The van der Waals surface area contributed by atoms with Crippen molar-refractivity contribution in [3.63, 3.8) is 0 Å². The quantitative estimate of drug-likeness (QED) is 0.774. The topological polar surface area (TPSA) is 36.5 Å². The van der Waals surface area contributed by atoms with Gasteiger partial charge >= 0.3 is 0 Å². The molecule has 5 heteroatoms. The number of nitrogens with one attached hydrogen (secondary N) is 2. The molecule has 2 N–H and O–H groups in total. The molecule has 0 spiro atoms. The van der Waals surface area contributed by atoms with Gasteiger partial charge in [-0.3, -0.25) is 4.90 Å². The lowest BCUT2D eigenvalue weighted by Crippen LogP contribution is -2.57. The summed E-state index contributed by atoms with van der Waals surface area (Å²) < 4.78 is 5.44. The Morgan fingerprint density at radius 2 is 2.00 bits per heavy atom. The molecule has 0 amide bonds. The minimum Gasteiger partial charge on any atom is -0.379 e. The van der Waals surface area contributed by atoms with Crippen molar-refractivity contribution >= 4 is 17.3 Å². The Morgan fingerprint density at radius 3 is 2.62 bits per heavy atom. The van der Waals surface area contributed by atoms with E-state index >= 15 is 0 Å². The van der Waals surface area contributed by atoms with Crippen LogP contribution in [-0.2, 0) is 4.74 Å². The van der Waals surface area contributed by atoms with Crippen molar-refractivity contribution in [3.05, 3.63) is 0 Å². The van der Waals surface area contributed by atoms with Crippen molar-refractivity contribution in [2.24, 2.45) is 11.8 Å². The van der Waals surface area contributed by atoms with Gasteiger partial charge in [-0.15, -0.1) is 0 Å². The fourth-order valence-corrected chi connectivity index (χ4v) is 4.44. The molecule has 21 heavy (non-hydrogen) atoms. The van der Waals surface area contributed by atoms with Crippen LogP contribution in [0.2, 0.25) is 0 Å². The third-order valence-corrected chi connectivity index (χ3v) is 5.87. The Kier molecular flexibility index (Phi) is 4.71. The molecular formula is C16H29N3OS. The standard InChI is InChI=1S/C16H29N3OS/c1-16(2,19-5-7-20-8-6-19)11-17-15(21)18-14-10-12-3-4-13(14)9-12/h12-14H,3-11H2,1-2H3,(H2,17,18,21)/t12-,13+,14-/m1/s1. The summed E-state index contributed by atoms with van der Waals surface area (Å²) in [6, 6.07) is 0.621. The molecule has 0 unspecified atom stereocenters. The molecule has 2 aliphatic carbocycles. The highest BCUT2D eigenvalue weighted by Gasteiger charge is 2.39. The second-order valence-electron chi connectivity index (χ2n) is 7.52. The summed E-state index contributed by atoms with van der Waals surface area (Å²) in [7, 11) is 0. The third-order valence-electron chi connectivity index (χ3n) is 5.60. The van der Waals surface area contributed by atoms with Gasteiger partial charge in [0.1, 0.15) is 0 Å². The average molecular weight is 311 g/mol. The van der Waals surface area contributed by atoms with Crippen molar-refractivity contribution in [1.82, 2.24) is 15.5 Å². The van der Waals surface area contributed by atoms with Crippen molar-refractivity contribution in [1.29, 1.82) is 0 Å². The molecule has 0 radical (unpaired) electrons. The molecule has 3 atom stereocenters. The van der Waals surface area contributed by atoms with Crippen LogP contribution in [0.1, 0.15) is 39.5 Å². The molecule has 2 bridgehead atoms. The molecule has 120 valence electrons. The van der Waals surface area contributed by atoms with Crippen LogP contribution < -0.4 is 10.6 Å². The van der Waals surface area contributed by atoms with Crippen molar-refractivity contribution < 1.29 is 4.74 Å². The van der Waals surface area contributed by atoms with E-state index in [0.717, 1.165) is 49.8 Å². The predicted octanol–water partition coefficient (Wildman–Crippen LogP) is 1.75. The van der Waals surface area contributed by atoms with Crippen LogP contribution in [0.4, 0.5) is 0 Å². The first-order chi connectivity index (χ1) is 10.0. The third kappa shape index (κ3) is 3.69. The lowest BCUT2D eigenvalue weighted by atomic mass is 9.95. The second-order valence-corrected chi connectivity index (χ2v) is 7.93. The Bertz CT molecular complexity index is 382. The van der Waals surface area contributed by atoms with Crippen LogP contribution in [0.3, 0.4) is 0 Å². The number of hydrogen-bond acceptors (Lipinski definition) is 3. The minimum atomic E-state index is 0.115. The van der Waals surface area contributed by atoms with Crippen LogP contribution >= 0.6 is 12.2 Å². The summed E-state index contributed by atoms with van der Waals surface area (Å²) in [5.74, 6) is 1.82. The van der Waals surface area contributed by atoms with Gasteiger partial charge in [-0.1, -0.05) is 6.42 Å². The van der Waals surface area contributed by atoms with Gasteiger partial charge in [0.2, 0.25) is 0 Å². The smallest absolute Gasteiger partial charge is 0.166 e. The van der Waals surface area contributed by atoms with E-state index in [1.54, 1.807) is 0 Å². The van der Waals surface area contributed by atoms with Gasteiger partial charge in [0.15, 0.2) is 5.11 Å². The van der Waals surface area contributed by atoms with Gasteiger partial charge < -0.3 is 15.4 Å². The SMILES string of the molecule is CC(C)(CNC(=S)N[C@@H]1C[C@@H]2CC[C@H]1C2)N1CCOCC1. The summed E-state index contributed by atoms with van der Waals surface area (Å²) >= 11 is 5.51. The van der Waals surface area contributed by atoms with Crippen molar-refractivity contribution in [3.8, 4) is 0 Å². The van der Waals surface area contributed by atoms with E-state index in [1.807, 2.05) is 0 Å². The molecule has 1 saturated heterocycles. The predicted molar refractivity (Wildman–Crippen MR) is 89.4 cm³/mol. The van der Waals surface area contributed by atoms with Gasteiger partial charge in [-0.05, 0) is 57.2 Å². The summed E-state index contributed by atoms with van der Waals surface area (Å²) in [6.07, 6.45) is 5.57. The average Bonchev–Trinajstić information content (AvgIpc) is 3.09. The number of thiocarbonyl (C=S) groups is 1. The highest BCUT2D eigenvalue weighted by atomic mass is 32.1. The Labute approximate surface area is 134 Å². The van der Waals surface area contributed by atoms with Crippen LogP contribution in [0, 0.1) is 11.8 Å². The first-order valence-corrected chi connectivity index (χ1v) is 8.82. The maximum atomic E-state index is 5.51. The number of morpholine rings is 1. The van der Waals surface area contributed by atoms with E-state index in [2.05, 4.69) is 29.4 Å². The van der Waals surface area contributed by atoms with Crippen molar-refractivity contribution in [2.75, 3.05) is 32.8 Å². The lowest BCUT2D eigenvalue weighted by molar-refractivity contribution is -0.00830. The monoisotopic (exact) mass is 311 g/mol. The Hall–Kier alpha value is -0.390. The summed E-state index contributed by atoms with van der Waals surface area (Å²) in [5, 5.41) is 7.85. The molecule has 0 aromatic heterocycles. The molecule has 3 aliphatic rings. The molecular weight excluding hydrogens is 282 g/mol. The van der Waals surface area contributed by atoms with E-state index in [9.17, 15) is 0 Å². The van der Waals surface area contributed by atoms with E-state index < -0.39 is 0 Å². The van der Waals surface area contributed by atoms with Gasteiger partial charge in [0, 0.05) is 31.2 Å². The first-order valence-electron chi connectivity index (χ1n) is 8.42. The summed E-state index contributed by atoms with van der Waals surface area (Å²) in [4.78, 5) is 2.49. The fraction of sp³-hybridized carbons (Fsp3) is 0.938. The van der Waals surface area contributed by atoms with E-state index in [0.29, 0.717) is 6.04 Å². The fourth-order valence-electron chi connectivity index (χ4n) is 4.22. The lowest BCUT2D eigenvalue weighted by Gasteiger charge is -2.41. The molecule has 1 aliphatic heterocycles. The minimum absolute atomic E-state index is 0.115. The van der Waals surface area contributed by atoms with Crippen LogP contribution in [0.15, 0.2) is 0 Å². The molecule has 3 fully saturated rings. The highest BCUT2D eigenvalue weighted by Crippen LogP contribution is 2.44. The number of ether oxygens (including phenoxy) is 1. The maximum absolute atomic E-state index is 5.51. The number of hydrogen-bond donors (Lipinski definition) is 2. The molecule has 0 aromatic rings. The van der Waals surface area contributed by atoms with Gasteiger partial charge in [0.25, 0.3) is 0 Å². The van der Waals surface area contributed by atoms with E-state index in [1.165, 1.54) is 25.7 Å². The molecule has 1 heterocycles. The van der Waals surface area contributed by atoms with Gasteiger partial charge in [-0.25, -0.2) is 0 Å². The van der Waals surface area contributed by atoms with Crippen LogP contribution in [0.25, 0.3) is 0 Å². The van der Waals surface area contributed by atoms with Crippen LogP contribution in [0.5, 0.6) is 0 Å². The number of rotatable bonds is 4. The summed E-state index contributed by atoms with van der Waals surface area (Å²) in [6.45, 7) is 9.17. The van der Waals surface area contributed by atoms with E-state index in [-0.39, 0.29) is 5.54 Å². The molecule has 4 nitrogen and oxygen atoms in total. The normalized spacial score (nSPS) is 33.1. The highest BCUT2D eigenvalue weighted by molar-refractivity contribution is 7.80. The number of fused-ring (bicyclic) bond motifs is 2. The van der Waals surface area contributed by atoms with E-state index in [4.69, 9.17) is 17.0 Å². The summed E-state index contributed by atoms with van der Waals surface area (Å²) in [5.41, 5.74) is 0.115. The maximum Gasteiger partial charge on any atom is 0.166 e. The Morgan fingerprint density at radius 1 is 1.24 bits per heavy atom. The molecule has 3 rings (SSSR count). The van der Waals surface area contributed by atoms with Gasteiger partial charge in [0.05, 0.1) is 13.2 Å². The Balaban J connectivity index is 1.42. The van der Waals surface area contributed by atoms with Crippen LogP contribution in [-0.4, -0.2) is 54.4 Å². The largest absolute Gasteiger partial charge is 0.379 e. The first kappa shape index (κ1) is 15.5. The van der Waals surface area contributed by atoms with Gasteiger partial charge in [-0.2, -0.15) is 0 Å². The zero-order valence-corrected chi connectivity index (χ0v) is 14.2.